The number of hydrogen-bond donors (Lipinski definition) is 1. The molecule has 2 N–H and O–H groups in total. The van der Waals surface area contributed by atoms with Gasteiger partial charge in [-0.1, -0.05) is 26.7 Å². The number of benzene rings is 1. The number of carbonyl (C=O) groups is 1. The lowest BCUT2D eigenvalue weighted by Gasteiger charge is -2.13. The zero-order valence-corrected chi connectivity index (χ0v) is 12.1. The molecule has 2 nitrogen and oxygen atoms in total. The minimum atomic E-state index is 0.144. The van der Waals surface area contributed by atoms with E-state index in [2.05, 4.69) is 29.8 Å². The molecule has 17 heavy (non-hydrogen) atoms. The summed E-state index contributed by atoms with van der Waals surface area (Å²) in [5.74, 6) is 0.382. The molecule has 0 bridgehead atoms. The Morgan fingerprint density at radius 3 is 2.65 bits per heavy atom. The summed E-state index contributed by atoms with van der Waals surface area (Å²) in [4.78, 5) is 12.3. The van der Waals surface area contributed by atoms with Crippen LogP contribution in [0.3, 0.4) is 0 Å². The molecule has 0 saturated carbocycles. The molecule has 0 amide bonds. The second kappa shape index (κ2) is 6.80. The zero-order valence-electron chi connectivity index (χ0n) is 10.5. The smallest absolute Gasteiger partial charge is 0.165 e. The van der Waals surface area contributed by atoms with Crippen molar-refractivity contribution in [2.24, 2.45) is 5.92 Å². The number of rotatable bonds is 6. The van der Waals surface area contributed by atoms with Crippen LogP contribution >= 0.6 is 15.9 Å². The third kappa shape index (κ3) is 3.84. The predicted molar refractivity (Wildman–Crippen MR) is 76.2 cm³/mol. The van der Waals surface area contributed by atoms with Gasteiger partial charge in [-0.15, -0.1) is 0 Å². The number of unbranched alkanes of at least 4 members (excludes halogenated alkanes) is 1. The maximum Gasteiger partial charge on any atom is 0.165 e. The number of hydrogen-bond acceptors (Lipinski definition) is 2. The normalized spacial score (nSPS) is 12.4. The van der Waals surface area contributed by atoms with Crippen molar-refractivity contribution in [1.29, 1.82) is 0 Å². The number of anilines is 1. The van der Waals surface area contributed by atoms with Crippen LogP contribution in [0.2, 0.25) is 0 Å². The fraction of sp³-hybridized carbons (Fsp3) is 0.500. The molecule has 0 spiro atoms. The van der Waals surface area contributed by atoms with Crippen molar-refractivity contribution in [3.63, 3.8) is 0 Å². The minimum Gasteiger partial charge on any atom is -0.398 e. The average Bonchev–Trinajstić information content (AvgIpc) is 2.33. The molecule has 0 heterocycles. The molecule has 0 fully saturated rings. The fourth-order valence-corrected chi connectivity index (χ4v) is 2.27. The Morgan fingerprint density at radius 2 is 2.12 bits per heavy atom. The summed E-state index contributed by atoms with van der Waals surface area (Å²) in [6, 6.07) is 5.42. The monoisotopic (exact) mass is 297 g/mol. The van der Waals surface area contributed by atoms with E-state index in [0.717, 1.165) is 35.7 Å². The van der Waals surface area contributed by atoms with Gasteiger partial charge in [-0.25, -0.2) is 0 Å². The molecule has 1 rings (SSSR count). The first kappa shape index (κ1) is 14.2. The van der Waals surface area contributed by atoms with E-state index in [1.807, 2.05) is 12.1 Å². The molecule has 1 aromatic carbocycles. The van der Waals surface area contributed by atoms with Crippen LogP contribution in [0.15, 0.2) is 22.7 Å². The Labute approximate surface area is 112 Å². The highest BCUT2D eigenvalue weighted by Crippen LogP contribution is 2.24. The van der Waals surface area contributed by atoms with Crippen LogP contribution in [0.25, 0.3) is 0 Å². The Morgan fingerprint density at radius 1 is 1.41 bits per heavy atom. The summed E-state index contributed by atoms with van der Waals surface area (Å²) in [5, 5.41) is 0. The van der Waals surface area contributed by atoms with Gasteiger partial charge in [0.2, 0.25) is 0 Å². The van der Waals surface area contributed by atoms with Crippen molar-refractivity contribution in [2.75, 3.05) is 5.73 Å². The van der Waals surface area contributed by atoms with E-state index in [0.29, 0.717) is 5.69 Å². The average molecular weight is 298 g/mol. The molecule has 0 aliphatic rings. The zero-order chi connectivity index (χ0) is 12.8. The summed E-state index contributed by atoms with van der Waals surface area (Å²) in [5.41, 5.74) is 7.15. The fourth-order valence-electron chi connectivity index (χ4n) is 1.89. The van der Waals surface area contributed by atoms with E-state index >= 15 is 0 Å². The van der Waals surface area contributed by atoms with Gasteiger partial charge in [0, 0.05) is 21.6 Å². The summed E-state index contributed by atoms with van der Waals surface area (Å²) < 4.78 is 0.800. The first-order valence-electron chi connectivity index (χ1n) is 6.19. The van der Waals surface area contributed by atoms with Gasteiger partial charge in [0.25, 0.3) is 0 Å². The molecular formula is C14H20BrNO. The van der Waals surface area contributed by atoms with Gasteiger partial charge in [0.1, 0.15) is 0 Å². The van der Waals surface area contributed by atoms with Crippen molar-refractivity contribution in [2.45, 2.75) is 39.5 Å². The highest BCUT2D eigenvalue weighted by atomic mass is 79.9. The molecular weight excluding hydrogens is 278 g/mol. The van der Waals surface area contributed by atoms with Crippen molar-refractivity contribution in [1.82, 2.24) is 0 Å². The molecule has 1 unspecified atom stereocenters. The Hall–Kier alpha value is -0.830. The highest BCUT2D eigenvalue weighted by molar-refractivity contribution is 9.10. The molecule has 0 aromatic heterocycles. The quantitative estimate of drug-likeness (QED) is 0.623. The SMILES string of the molecule is CCCCC(CC)C(=O)c1ccc(N)c(Br)c1. The second-order valence-corrected chi connectivity index (χ2v) is 5.20. The Kier molecular flexibility index (Phi) is 5.69. The molecule has 0 aliphatic carbocycles. The highest BCUT2D eigenvalue weighted by Gasteiger charge is 2.18. The van der Waals surface area contributed by atoms with Crippen molar-refractivity contribution < 1.29 is 4.79 Å². The van der Waals surface area contributed by atoms with Crippen LogP contribution in [0.5, 0.6) is 0 Å². The van der Waals surface area contributed by atoms with Gasteiger partial charge in [0.15, 0.2) is 5.78 Å². The largest absolute Gasteiger partial charge is 0.398 e. The van der Waals surface area contributed by atoms with Gasteiger partial charge in [-0.3, -0.25) is 4.79 Å². The lowest BCUT2D eigenvalue weighted by Crippen LogP contribution is -2.14. The first-order valence-corrected chi connectivity index (χ1v) is 6.98. The lowest BCUT2D eigenvalue weighted by atomic mass is 9.90. The van der Waals surface area contributed by atoms with Gasteiger partial charge in [-0.05, 0) is 47.0 Å². The summed E-state index contributed by atoms with van der Waals surface area (Å²) in [6.07, 6.45) is 4.13. The molecule has 1 aromatic rings. The van der Waals surface area contributed by atoms with Crippen LogP contribution in [-0.2, 0) is 0 Å². The van der Waals surface area contributed by atoms with Crippen LogP contribution in [0.1, 0.15) is 49.9 Å². The van der Waals surface area contributed by atoms with E-state index in [4.69, 9.17) is 5.73 Å². The topological polar surface area (TPSA) is 43.1 Å². The van der Waals surface area contributed by atoms with E-state index in [9.17, 15) is 4.79 Å². The van der Waals surface area contributed by atoms with E-state index in [-0.39, 0.29) is 11.7 Å². The van der Waals surface area contributed by atoms with Crippen LogP contribution < -0.4 is 5.73 Å². The maximum absolute atomic E-state index is 12.3. The molecule has 1 atom stereocenters. The second-order valence-electron chi connectivity index (χ2n) is 4.35. The molecule has 0 radical (unpaired) electrons. The standard InChI is InChI=1S/C14H20BrNO/c1-3-5-6-10(4-2)14(17)11-7-8-13(16)12(15)9-11/h7-10H,3-6,16H2,1-2H3. The summed E-state index contributed by atoms with van der Waals surface area (Å²) in [6.45, 7) is 4.22. The number of carbonyl (C=O) groups excluding carboxylic acids is 1. The number of nitrogens with two attached hydrogens (primary N) is 1. The summed E-state index contributed by atoms with van der Waals surface area (Å²) >= 11 is 3.36. The van der Waals surface area contributed by atoms with E-state index in [1.54, 1.807) is 6.07 Å². The third-order valence-electron chi connectivity index (χ3n) is 3.05. The van der Waals surface area contributed by atoms with Crippen LogP contribution in [0.4, 0.5) is 5.69 Å². The summed E-state index contributed by atoms with van der Waals surface area (Å²) in [7, 11) is 0. The number of nitrogen functional groups attached to an aromatic ring is 1. The molecule has 0 saturated heterocycles. The first-order chi connectivity index (χ1) is 8.10. The number of ketones is 1. The van der Waals surface area contributed by atoms with E-state index in [1.165, 1.54) is 0 Å². The van der Waals surface area contributed by atoms with Gasteiger partial charge in [-0.2, -0.15) is 0 Å². The van der Waals surface area contributed by atoms with Crippen molar-refractivity contribution in [3.05, 3.63) is 28.2 Å². The third-order valence-corrected chi connectivity index (χ3v) is 3.74. The Bertz CT molecular complexity index is 390. The number of halogens is 1. The van der Waals surface area contributed by atoms with Crippen molar-refractivity contribution >= 4 is 27.4 Å². The molecule has 3 heteroatoms. The van der Waals surface area contributed by atoms with Crippen LogP contribution in [-0.4, -0.2) is 5.78 Å². The maximum atomic E-state index is 12.3. The van der Waals surface area contributed by atoms with Crippen LogP contribution in [0, 0.1) is 5.92 Å². The van der Waals surface area contributed by atoms with Gasteiger partial charge >= 0.3 is 0 Å². The molecule has 0 aliphatic heterocycles. The minimum absolute atomic E-state index is 0.144. The van der Waals surface area contributed by atoms with Crippen molar-refractivity contribution in [3.8, 4) is 0 Å². The Balaban J connectivity index is 2.82. The lowest BCUT2D eigenvalue weighted by molar-refractivity contribution is 0.0908. The van der Waals surface area contributed by atoms with E-state index < -0.39 is 0 Å². The van der Waals surface area contributed by atoms with Gasteiger partial charge < -0.3 is 5.73 Å². The predicted octanol–water partition coefficient (Wildman–Crippen LogP) is 4.43. The molecule has 94 valence electrons. The number of Topliss-reactive ketones (excluding diaryl/α,β-unsaturated/α-hetero) is 1. The van der Waals surface area contributed by atoms with Gasteiger partial charge in [0.05, 0.1) is 0 Å².